The zero-order valence-corrected chi connectivity index (χ0v) is 14.8. The summed E-state index contributed by atoms with van der Waals surface area (Å²) in [6.45, 7) is 3.68. The second kappa shape index (κ2) is 8.45. The highest BCUT2D eigenvalue weighted by Gasteiger charge is 2.16. The van der Waals surface area contributed by atoms with Crippen molar-refractivity contribution in [2.75, 3.05) is 49.8 Å². The molecule has 0 radical (unpaired) electrons. The van der Waals surface area contributed by atoms with E-state index < -0.39 is 0 Å². The topological polar surface area (TPSA) is 111 Å². The Balaban J connectivity index is 1.56. The minimum Gasteiger partial charge on any atom is -0.393 e. The first kappa shape index (κ1) is 17.9. The van der Waals surface area contributed by atoms with Gasteiger partial charge in [-0.25, -0.2) is 15.0 Å². The fraction of sp³-hybridized carbons (Fsp3) is 0.353. The predicted molar refractivity (Wildman–Crippen MR) is 101 cm³/mol. The van der Waals surface area contributed by atoms with Gasteiger partial charge in [0.1, 0.15) is 12.0 Å². The molecule has 2 heterocycles. The summed E-state index contributed by atoms with van der Waals surface area (Å²) >= 11 is 0. The molecule has 0 unspecified atom stereocenters. The lowest BCUT2D eigenvalue weighted by Crippen LogP contribution is -2.47. The van der Waals surface area contributed by atoms with Crippen LogP contribution in [0, 0.1) is 0 Å². The molecule has 0 spiro atoms. The molecule has 26 heavy (non-hydrogen) atoms. The molecule has 0 bridgehead atoms. The maximum absolute atomic E-state index is 12.0. The highest BCUT2D eigenvalue weighted by atomic mass is 16.2. The van der Waals surface area contributed by atoms with E-state index in [0.29, 0.717) is 17.3 Å². The molecule has 0 saturated carbocycles. The molecule has 1 fully saturated rings. The van der Waals surface area contributed by atoms with Gasteiger partial charge in [-0.1, -0.05) is 30.3 Å². The van der Waals surface area contributed by atoms with Gasteiger partial charge in [-0.05, 0) is 12.6 Å². The third kappa shape index (κ3) is 4.80. The first-order valence-electron chi connectivity index (χ1n) is 8.51. The summed E-state index contributed by atoms with van der Waals surface area (Å²) in [6, 6.07) is 9.51. The maximum atomic E-state index is 12.0. The summed E-state index contributed by atoms with van der Waals surface area (Å²) < 4.78 is 0. The van der Waals surface area contributed by atoms with E-state index in [4.69, 9.17) is 5.73 Å². The van der Waals surface area contributed by atoms with Crippen molar-refractivity contribution in [2.45, 2.75) is 6.42 Å². The largest absolute Gasteiger partial charge is 0.393 e. The molecule has 3 rings (SSSR count). The number of hydrogen-bond donors (Lipinski definition) is 4. The fourth-order valence-electron chi connectivity index (χ4n) is 2.61. The molecule has 5 N–H and O–H groups in total. The second-order valence-corrected chi connectivity index (χ2v) is 6.22. The van der Waals surface area contributed by atoms with E-state index >= 15 is 0 Å². The lowest BCUT2D eigenvalue weighted by atomic mass is 10.1. The maximum Gasteiger partial charge on any atom is 0.242 e. The number of nitrogen functional groups attached to an aromatic ring is 1. The number of nitrogens with one attached hydrogen (secondary N) is 3. The molecular formula is C17H24N8O. The quantitative estimate of drug-likeness (QED) is 0.548. The van der Waals surface area contributed by atoms with Gasteiger partial charge in [0.05, 0.1) is 6.42 Å². The van der Waals surface area contributed by atoms with Crippen LogP contribution in [-0.4, -0.2) is 59.0 Å². The van der Waals surface area contributed by atoms with E-state index in [9.17, 15) is 4.79 Å². The normalized spacial score (nSPS) is 15.4. The first-order chi connectivity index (χ1) is 12.6. The second-order valence-electron chi connectivity index (χ2n) is 6.22. The van der Waals surface area contributed by atoms with Gasteiger partial charge >= 0.3 is 0 Å². The Hall–Kier alpha value is -2.91. The van der Waals surface area contributed by atoms with Crippen LogP contribution in [0.4, 0.5) is 17.3 Å². The number of carbonyl (C=O) groups excluding carboxylic acids is 1. The van der Waals surface area contributed by atoms with Crippen molar-refractivity contribution in [1.82, 2.24) is 25.3 Å². The van der Waals surface area contributed by atoms with Crippen molar-refractivity contribution in [2.24, 2.45) is 0 Å². The van der Waals surface area contributed by atoms with Gasteiger partial charge < -0.3 is 16.1 Å². The Labute approximate surface area is 152 Å². The van der Waals surface area contributed by atoms with Crippen molar-refractivity contribution in [3.05, 3.63) is 42.2 Å². The van der Waals surface area contributed by atoms with Crippen LogP contribution in [0.25, 0.3) is 0 Å². The Bertz CT molecular complexity index is 731. The average Bonchev–Trinajstić information content (AvgIpc) is 2.65. The lowest BCUT2D eigenvalue weighted by molar-refractivity contribution is -0.119. The van der Waals surface area contributed by atoms with E-state index in [2.05, 4.69) is 43.2 Å². The molecule has 1 saturated heterocycles. The summed E-state index contributed by atoms with van der Waals surface area (Å²) in [5, 5.41) is 2.07. The number of nitrogens with zero attached hydrogens (tertiary/aromatic N) is 4. The number of anilines is 3. The standard InChI is InChI=1S/C17H24N8O/c1-24-7-9-25(10-8-24)23-17-15(18)16(19-12-20-17)22-21-14(26)11-13-5-3-2-4-6-13/h2-6,12H,7-11,18H2,1H3,(H,21,26)(H2,19,20,22,23). The molecule has 1 aliphatic heterocycles. The van der Waals surface area contributed by atoms with E-state index in [1.165, 1.54) is 6.33 Å². The van der Waals surface area contributed by atoms with Gasteiger partial charge in [-0.2, -0.15) is 0 Å². The van der Waals surface area contributed by atoms with Crippen LogP contribution in [0.2, 0.25) is 0 Å². The van der Waals surface area contributed by atoms with Crippen LogP contribution < -0.4 is 22.0 Å². The van der Waals surface area contributed by atoms with Crippen molar-refractivity contribution < 1.29 is 4.79 Å². The SMILES string of the molecule is CN1CCN(Nc2ncnc(NNC(=O)Cc3ccccc3)c2N)CC1. The molecule has 0 atom stereocenters. The molecule has 1 aromatic carbocycles. The number of piperazine rings is 1. The highest BCUT2D eigenvalue weighted by molar-refractivity contribution is 5.81. The third-order valence-electron chi connectivity index (χ3n) is 4.18. The van der Waals surface area contributed by atoms with Crippen LogP contribution in [0.15, 0.2) is 36.7 Å². The van der Waals surface area contributed by atoms with E-state index in [-0.39, 0.29) is 12.3 Å². The number of amides is 1. The van der Waals surface area contributed by atoms with E-state index in [1.54, 1.807) is 0 Å². The minimum atomic E-state index is -0.178. The van der Waals surface area contributed by atoms with Crippen molar-refractivity contribution >= 4 is 23.2 Å². The third-order valence-corrected chi connectivity index (χ3v) is 4.18. The number of nitrogens with two attached hydrogens (primary N) is 1. The molecule has 1 amide bonds. The lowest BCUT2D eigenvalue weighted by Gasteiger charge is -2.32. The molecule has 0 aliphatic carbocycles. The number of benzene rings is 1. The summed E-state index contributed by atoms with van der Waals surface area (Å²) in [6.07, 6.45) is 1.67. The van der Waals surface area contributed by atoms with Crippen molar-refractivity contribution in [1.29, 1.82) is 0 Å². The van der Waals surface area contributed by atoms with Crippen LogP contribution in [0.1, 0.15) is 5.56 Å². The smallest absolute Gasteiger partial charge is 0.242 e. The van der Waals surface area contributed by atoms with Crippen LogP contribution >= 0.6 is 0 Å². The Kier molecular flexibility index (Phi) is 5.82. The van der Waals surface area contributed by atoms with Crippen LogP contribution in [-0.2, 0) is 11.2 Å². The Morgan fingerprint density at radius 2 is 1.81 bits per heavy atom. The number of hydrazine groups is 2. The predicted octanol–water partition coefficient (Wildman–Crippen LogP) is 0.319. The van der Waals surface area contributed by atoms with E-state index in [0.717, 1.165) is 31.7 Å². The molecular weight excluding hydrogens is 332 g/mol. The highest BCUT2D eigenvalue weighted by Crippen LogP contribution is 2.22. The summed E-state index contributed by atoms with van der Waals surface area (Å²) in [5.74, 6) is 0.699. The first-order valence-corrected chi connectivity index (χ1v) is 8.51. The average molecular weight is 356 g/mol. The molecule has 2 aromatic rings. The summed E-state index contributed by atoms with van der Waals surface area (Å²) in [5.41, 5.74) is 16.0. The Morgan fingerprint density at radius 1 is 1.12 bits per heavy atom. The van der Waals surface area contributed by atoms with Crippen LogP contribution in [0.5, 0.6) is 0 Å². The molecule has 9 nitrogen and oxygen atoms in total. The fourth-order valence-corrected chi connectivity index (χ4v) is 2.61. The van der Waals surface area contributed by atoms with Gasteiger partial charge in [0.25, 0.3) is 0 Å². The van der Waals surface area contributed by atoms with Crippen molar-refractivity contribution in [3.8, 4) is 0 Å². The molecule has 9 heteroatoms. The van der Waals surface area contributed by atoms with Crippen LogP contribution in [0.3, 0.4) is 0 Å². The van der Waals surface area contributed by atoms with Gasteiger partial charge in [-0.15, -0.1) is 0 Å². The summed E-state index contributed by atoms with van der Waals surface area (Å²) in [4.78, 5) is 22.6. The number of aromatic nitrogens is 2. The van der Waals surface area contributed by atoms with E-state index in [1.807, 2.05) is 30.3 Å². The van der Waals surface area contributed by atoms with Crippen molar-refractivity contribution in [3.63, 3.8) is 0 Å². The molecule has 138 valence electrons. The van der Waals surface area contributed by atoms with Gasteiger partial charge in [0, 0.05) is 26.2 Å². The monoisotopic (exact) mass is 356 g/mol. The molecule has 1 aliphatic rings. The molecule has 1 aromatic heterocycles. The minimum absolute atomic E-state index is 0.178. The van der Waals surface area contributed by atoms with Gasteiger partial charge in [0.15, 0.2) is 11.6 Å². The van der Waals surface area contributed by atoms with Gasteiger partial charge in [0.2, 0.25) is 5.91 Å². The number of rotatable bonds is 6. The summed E-state index contributed by atoms with van der Waals surface area (Å²) in [7, 11) is 2.09. The number of carbonyl (C=O) groups is 1. The zero-order valence-electron chi connectivity index (χ0n) is 14.8. The zero-order chi connectivity index (χ0) is 18.4. The Morgan fingerprint density at radius 3 is 2.54 bits per heavy atom. The number of hydrogen-bond acceptors (Lipinski definition) is 8. The number of likely N-dealkylation sites (N-methyl/N-ethyl adjacent to an activating group) is 1. The van der Waals surface area contributed by atoms with Gasteiger partial charge in [-0.3, -0.25) is 15.6 Å².